The summed E-state index contributed by atoms with van der Waals surface area (Å²) < 4.78 is 1.83. The van der Waals surface area contributed by atoms with Crippen LogP contribution in [0.2, 0.25) is 5.02 Å². The molecular formula is C15H13ClN3O+. The molecule has 0 aliphatic carbocycles. The van der Waals surface area contributed by atoms with Crippen LogP contribution in [0.25, 0.3) is 0 Å². The first-order valence-electron chi connectivity index (χ1n) is 6.05. The number of nitrogens with zero attached hydrogens (tertiary/aromatic N) is 2. The molecule has 0 aliphatic rings. The van der Waals surface area contributed by atoms with Crippen molar-refractivity contribution in [1.29, 1.82) is 5.26 Å². The molecule has 0 fully saturated rings. The predicted octanol–water partition coefficient (Wildman–Crippen LogP) is 2.45. The predicted molar refractivity (Wildman–Crippen MR) is 76.2 cm³/mol. The monoisotopic (exact) mass is 286 g/mol. The lowest BCUT2D eigenvalue weighted by atomic mass is 10.2. The Balaban J connectivity index is 2.15. The van der Waals surface area contributed by atoms with Gasteiger partial charge in [-0.2, -0.15) is 9.83 Å². The summed E-state index contributed by atoms with van der Waals surface area (Å²) in [5, 5.41) is 12.2. The molecule has 0 atom stereocenters. The Morgan fingerprint density at radius 1 is 1.40 bits per heavy atom. The SMILES string of the molecule is Cc1cccc[n+]1CC(=O)Nc1cc(Cl)ccc1C#N. The van der Waals surface area contributed by atoms with Crippen molar-refractivity contribution in [2.45, 2.75) is 13.5 Å². The van der Waals surface area contributed by atoms with E-state index in [2.05, 4.69) is 5.32 Å². The van der Waals surface area contributed by atoms with E-state index < -0.39 is 0 Å². The van der Waals surface area contributed by atoms with Gasteiger partial charge >= 0.3 is 0 Å². The summed E-state index contributed by atoms with van der Waals surface area (Å²) in [6.07, 6.45) is 1.83. The zero-order chi connectivity index (χ0) is 14.5. The van der Waals surface area contributed by atoms with Gasteiger partial charge in [0.1, 0.15) is 6.07 Å². The van der Waals surface area contributed by atoms with Gasteiger partial charge in [0.2, 0.25) is 6.54 Å². The molecule has 1 N–H and O–H groups in total. The van der Waals surface area contributed by atoms with E-state index >= 15 is 0 Å². The summed E-state index contributed by atoms with van der Waals surface area (Å²) >= 11 is 5.88. The highest BCUT2D eigenvalue weighted by Gasteiger charge is 2.13. The molecule has 20 heavy (non-hydrogen) atoms. The van der Waals surface area contributed by atoms with E-state index in [1.165, 1.54) is 0 Å². The molecule has 1 aromatic carbocycles. The molecule has 5 heteroatoms. The number of rotatable bonds is 3. The molecular weight excluding hydrogens is 274 g/mol. The second kappa shape index (κ2) is 6.18. The van der Waals surface area contributed by atoms with Crippen LogP contribution in [0.3, 0.4) is 0 Å². The number of halogens is 1. The smallest absolute Gasteiger partial charge is 0.290 e. The first-order valence-corrected chi connectivity index (χ1v) is 6.42. The highest BCUT2D eigenvalue weighted by Crippen LogP contribution is 2.20. The number of hydrogen-bond donors (Lipinski definition) is 1. The third-order valence-electron chi connectivity index (χ3n) is 2.86. The molecule has 1 amide bonds. The Morgan fingerprint density at radius 2 is 2.20 bits per heavy atom. The van der Waals surface area contributed by atoms with Gasteiger partial charge in [-0.15, -0.1) is 0 Å². The van der Waals surface area contributed by atoms with Crippen LogP contribution in [-0.2, 0) is 11.3 Å². The van der Waals surface area contributed by atoms with Crippen molar-refractivity contribution in [2.24, 2.45) is 0 Å². The van der Waals surface area contributed by atoms with Gasteiger partial charge < -0.3 is 5.32 Å². The van der Waals surface area contributed by atoms with Gasteiger partial charge in [-0.05, 0) is 18.2 Å². The molecule has 1 heterocycles. The molecule has 1 aromatic heterocycles. The molecule has 0 saturated heterocycles. The summed E-state index contributed by atoms with van der Waals surface area (Å²) in [7, 11) is 0. The Hall–Kier alpha value is -2.38. The summed E-state index contributed by atoms with van der Waals surface area (Å²) in [6, 6.07) is 12.5. The zero-order valence-electron chi connectivity index (χ0n) is 10.9. The molecule has 0 radical (unpaired) electrons. The van der Waals surface area contributed by atoms with E-state index in [4.69, 9.17) is 16.9 Å². The van der Waals surface area contributed by atoms with E-state index in [9.17, 15) is 4.79 Å². The summed E-state index contributed by atoms with van der Waals surface area (Å²) in [6.45, 7) is 2.11. The Morgan fingerprint density at radius 3 is 2.90 bits per heavy atom. The van der Waals surface area contributed by atoms with Crippen LogP contribution in [0.1, 0.15) is 11.3 Å². The maximum Gasteiger partial charge on any atom is 0.290 e. The normalized spacial score (nSPS) is 9.85. The lowest BCUT2D eigenvalue weighted by molar-refractivity contribution is -0.690. The molecule has 0 unspecified atom stereocenters. The minimum atomic E-state index is -0.205. The highest BCUT2D eigenvalue weighted by atomic mass is 35.5. The number of anilines is 1. The van der Waals surface area contributed by atoms with Crippen molar-refractivity contribution in [3.8, 4) is 6.07 Å². The number of nitriles is 1. The van der Waals surface area contributed by atoms with Gasteiger partial charge in [-0.3, -0.25) is 4.79 Å². The van der Waals surface area contributed by atoms with Crippen molar-refractivity contribution < 1.29 is 9.36 Å². The number of nitrogens with one attached hydrogen (secondary N) is 1. The maximum absolute atomic E-state index is 12.0. The quantitative estimate of drug-likeness (QED) is 0.881. The van der Waals surface area contributed by atoms with Gasteiger partial charge in [0, 0.05) is 24.1 Å². The Labute approximate surface area is 122 Å². The zero-order valence-corrected chi connectivity index (χ0v) is 11.7. The van der Waals surface area contributed by atoms with Crippen molar-refractivity contribution in [3.63, 3.8) is 0 Å². The van der Waals surface area contributed by atoms with Crippen LogP contribution < -0.4 is 9.88 Å². The Bertz CT molecular complexity index is 692. The standard InChI is InChI=1S/C15H12ClN3O/c1-11-4-2-3-7-19(11)10-15(20)18-14-8-13(16)6-5-12(14)9-17/h2-8H,10H2,1H3/p+1. The number of benzene rings is 1. The van der Waals surface area contributed by atoms with Gasteiger partial charge in [-0.25, -0.2) is 0 Å². The average molecular weight is 287 g/mol. The van der Waals surface area contributed by atoms with Crippen LogP contribution in [0.4, 0.5) is 5.69 Å². The number of aromatic nitrogens is 1. The molecule has 2 aromatic rings. The second-order valence-electron chi connectivity index (χ2n) is 4.32. The Kier molecular flexibility index (Phi) is 4.34. The average Bonchev–Trinajstić information content (AvgIpc) is 2.41. The topological polar surface area (TPSA) is 56.8 Å². The number of hydrogen-bond acceptors (Lipinski definition) is 2. The lowest BCUT2D eigenvalue weighted by Crippen LogP contribution is -2.42. The fourth-order valence-electron chi connectivity index (χ4n) is 1.80. The lowest BCUT2D eigenvalue weighted by Gasteiger charge is -2.06. The third-order valence-corrected chi connectivity index (χ3v) is 3.09. The first kappa shape index (κ1) is 14.0. The maximum atomic E-state index is 12.0. The third kappa shape index (κ3) is 3.34. The van der Waals surface area contributed by atoms with Crippen molar-refractivity contribution in [2.75, 3.05) is 5.32 Å². The van der Waals surface area contributed by atoms with Crippen molar-refractivity contribution in [1.82, 2.24) is 0 Å². The van der Waals surface area contributed by atoms with E-state index in [0.717, 1.165) is 5.69 Å². The number of carbonyl (C=O) groups excluding carboxylic acids is 1. The van der Waals surface area contributed by atoms with Gasteiger partial charge in [0.05, 0.1) is 11.3 Å². The number of pyridine rings is 1. The van der Waals surface area contributed by atoms with Crippen LogP contribution in [-0.4, -0.2) is 5.91 Å². The first-order chi connectivity index (χ1) is 9.60. The van der Waals surface area contributed by atoms with E-state index in [0.29, 0.717) is 16.3 Å². The molecule has 100 valence electrons. The van der Waals surface area contributed by atoms with E-state index in [1.807, 2.05) is 42.0 Å². The molecule has 0 saturated carbocycles. The number of carbonyl (C=O) groups is 1. The van der Waals surface area contributed by atoms with Crippen LogP contribution in [0.5, 0.6) is 0 Å². The fourth-order valence-corrected chi connectivity index (χ4v) is 1.97. The van der Waals surface area contributed by atoms with Gasteiger partial charge in [0.15, 0.2) is 11.9 Å². The summed E-state index contributed by atoms with van der Waals surface area (Å²) in [5.74, 6) is -0.205. The molecule has 4 nitrogen and oxygen atoms in total. The number of amides is 1. The van der Waals surface area contributed by atoms with Crippen LogP contribution in [0.15, 0.2) is 42.6 Å². The second-order valence-corrected chi connectivity index (χ2v) is 4.76. The van der Waals surface area contributed by atoms with Crippen molar-refractivity contribution in [3.05, 3.63) is 58.9 Å². The van der Waals surface area contributed by atoms with Crippen LogP contribution >= 0.6 is 11.6 Å². The molecule has 0 bridgehead atoms. The summed E-state index contributed by atoms with van der Waals surface area (Å²) in [4.78, 5) is 12.0. The van der Waals surface area contributed by atoms with Gasteiger partial charge in [-0.1, -0.05) is 17.7 Å². The van der Waals surface area contributed by atoms with Crippen LogP contribution in [0, 0.1) is 18.3 Å². The van der Waals surface area contributed by atoms with E-state index in [1.54, 1.807) is 18.2 Å². The minimum absolute atomic E-state index is 0.185. The molecule has 0 spiro atoms. The summed E-state index contributed by atoms with van der Waals surface area (Å²) in [5.41, 5.74) is 1.80. The largest absolute Gasteiger partial charge is 0.319 e. The minimum Gasteiger partial charge on any atom is -0.319 e. The van der Waals surface area contributed by atoms with E-state index in [-0.39, 0.29) is 12.5 Å². The highest BCUT2D eigenvalue weighted by molar-refractivity contribution is 6.31. The van der Waals surface area contributed by atoms with Gasteiger partial charge in [0.25, 0.3) is 5.91 Å². The fraction of sp³-hybridized carbons (Fsp3) is 0.133. The van der Waals surface area contributed by atoms with Crippen molar-refractivity contribution >= 4 is 23.2 Å². The molecule has 2 rings (SSSR count). The molecule has 0 aliphatic heterocycles. The number of aryl methyl sites for hydroxylation is 1.